The molecular formula is C16H18Cl2N2O2S. The van der Waals surface area contributed by atoms with Crippen LogP contribution in [0.2, 0.25) is 5.02 Å². The number of nitrogens with one attached hydrogen (secondary N) is 2. The van der Waals surface area contributed by atoms with Crippen LogP contribution in [0.4, 0.5) is 0 Å². The SMILES string of the molecule is Cc1ccc(Cl)c(S(=O)(=O)NCc2ccc3c(c2)CNC3)c1.Cl. The highest BCUT2D eigenvalue weighted by atomic mass is 35.5. The number of halogens is 2. The summed E-state index contributed by atoms with van der Waals surface area (Å²) >= 11 is 6.01. The molecule has 0 saturated carbocycles. The highest BCUT2D eigenvalue weighted by molar-refractivity contribution is 7.89. The molecule has 0 fully saturated rings. The second-order valence-electron chi connectivity index (χ2n) is 5.47. The van der Waals surface area contributed by atoms with E-state index in [2.05, 4.69) is 10.0 Å². The topological polar surface area (TPSA) is 58.2 Å². The largest absolute Gasteiger partial charge is 0.309 e. The zero-order valence-corrected chi connectivity index (χ0v) is 15.0. The third-order valence-corrected chi connectivity index (χ3v) is 5.63. The predicted octanol–water partition coefficient (Wildman–Crippen LogP) is 3.15. The molecular weight excluding hydrogens is 355 g/mol. The first-order valence-corrected chi connectivity index (χ1v) is 8.89. The number of benzene rings is 2. The van der Waals surface area contributed by atoms with Crippen molar-refractivity contribution in [3.8, 4) is 0 Å². The van der Waals surface area contributed by atoms with Gasteiger partial charge in [-0.15, -0.1) is 12.4 Å². The molecule has 0 unspecified atom stereocenters. The lowest BCUT2D eigenvalue weighted by molar-refractivity contribution is 0.581. The summed E-state index contributed by atoms with van der Waals surface area (Å²) in [5.74, 6) is 0. The second kappa shape index (κ2) is 7.20. The van der Waals surface area contributed by atoms with Crippen LogP contribution < -0.4 is 10.0 Å². The summed E-state index contributed by atoms with van der Waals surface area (Å²) in [6.07, 6.45) is 0. The summed E-state index contributed by atoms with van der Waals surface area (Å²) in [5.41, 5.74) is 4.29. The normalized spacial score (nSPS) is 13.5. The first-order chi connectivity index (χ1) is 10.5. The number of hydrogen-bond acceptors (Lipinski definition) is 3. The van der Waals surface area contributed by atoms with Crippen LogP contribution in [0.5, 0.6) is 0 Å². The van der Waals surface area contributed by atoms with Crippen molar-refractivity contribution >= 4 is 34.0 Å². The van der Waals surface area contributed by atoms with Gasteiger partial charge in [0.05, 0.1) is 5.02 Å². The molecule has 124 valence electrons. The lowest BCUT2D eigenvalue weighted by Crippen LogP contribution is -2.23. The van der Waals surface area contributed by atoms with Crippen molar-refractivity contribution < 1.29 is 8.42 Å². The maximum Gasteiger partial charge on any atom is 0.242 e. The third kappa shape index (κ3) is 4.05. The minimum Gasteiger partial charge on any atom is -0.309 e. The molecule has 0 aromatic heterocycles. The van der Waals surface area contributed by atoms with Gasteiger partial charge in [-0.25, -0.2) is 13.1 Å². The Bertz CT molecular complexity index is 823. The Labute approximate surface area is 147 Å². The van der Waals surface area contributed by atoms with E-state index in [1.807, 2.05) is 25.1 Å². The minimum atomic E-state index is -3.62. The third-order valence-electron chi connectivity index (χ3n) is 3.74. The molecule has 2 aromatic carbocycles. The van der Waals surface area contributed by atoms with Crippen molar-refractivity contribution in [3.05, 3.63) is 63.7 Å². The molecule has 1 heterocycles. The Hall–Kier alpha value is -1.11. The first-order valence-electron chi connectivity index (χ1n) is 7.03. The molecule has 0 radical (unpaired) electrons. The van der Waals surface area contributed by atoms with Gasteiger partial charge in [0.1, 0.15) is 4.90 Å². The molecule has 2 aromatic rings. The molecule has 2 N–H and O–H groups in total. The molecule has 0 spiro atoms. The summed E-state index contributed by atoms with van der Waals surface area (Å²) in [7, 11) is -3.62. The zero-order valence-electron chi connectivity index (χ0n) is 12.6. The minimum absolute atomic E-state index is 0. The molecule has 7 heteroatoms. The van der Waals surface area contributed by atoms with E-state index in [1.54, 1.807) is 18.2 Å². The van der Waals surface area contributed by atoms with Crippen LogP contribution >= 0.6 is 24.0 Å². The van der Waals surface area contributed by atoms with Gasteiger partial charge in [-0.05, 0) is 41.3 Å². The fourth-order valence-electron chi connectivity index (χ4n) is 2.53. The van der Waals surface area contributed by atoms with Gasteiger partial charge in [0, 0.05) is 19.6 Å². The maximum absolute atomic E-state index is 12.4. The number of sulfonamides is 1. The summed E-state index contributed by atoms with van der Waals surface area (Å²) in [5, 5.41) is 3.50. The highest BCUT2D eigenvalue weighted by Crippen LogP contribution is 2.23. The van der Waals surface area contributed by atoms with Crippen LogP contribution in [0, 0.1) is 6.92 Å². The summed E-state index contributed by atoms with van der Waals surface area (Å²) in [6.45, 7) is 3.79. The molecule has 0 atom stereocenters. The van der Waals surface area contributed by atoms with Crippen molar-refractivity contribution in [1.29, 1.82) is 0 Å². The monoisotopic (exact) mass is 372 g/mol. The van der Waals surface area contributed by atoms with E-state index in [0.717, 1.165) is 24.2 Å². The molecule has 1 aliphatic heterocycles. The molecule has 0 amide bonds. The fourth-order valence-corrected chi connectivity index (χ4v) is 4.13. The molecule has 23 heavy (non-hydrogen) atoms. The van der Waals surface area contributed by atoms with Gasteiger partial charge in [-0.3, -0.25) is 0 Å². The molecule has 0 bridgehead atoms. The van der Waals surface area contributed by atoms with Crippen LogP contribution in [0.1, 0.15) is 22.3 Å². The average Bonchev–Trinajstić information content (AvgIpc) is 2.95. The Morgan fingerprint density at radius 2 is 1.87 bits per heavy atom. The number of rotatable bonds is 4. The van der Waals surface area contributed by atoms with E-state index in [0.29, 0.717) is 0 Å². The Kier molecular flexibility index (Phi) is 5.70. The van der Waals surface area contributed by atoms with Crippen LogP contribution in [0.25, 0.3) is 0 Å². The number of hydrogen-bond donors (Lipinski definition) is 2. The Morgan fingerprint density at radius 1 is 1.13 bits per heavy atom. The van der Waals surface area contributed by atoms with Crippen molar-refractivity contribution in [3.63, 3.8) is 0 Å². The van der Waals surface area contributed by atoms with Gasteiger partial charge in [0.15, 0.2) is 0 Å². The standard InChI is InChI=1S/C16H17ClN2O2S.ClH/c1-11-2-5-15(17)16(6-11)22(20,21)19-8-12-3-4-13-9-18-10-14(13)7-12;/h2-7,18-19H,8-10H2,1H3;1H. The van der Waals surface area contributed by atoms with E-state index in [-0.39, 0.29) is 28.9 Å². The molecule has 4 nitrogen and oxygen atoms in total. The van der Waals surface area contributed by atoms with Gasteiger partial charge < -0.3 is 5.32 Å². The molecule has 3 rings (SSSR count). The summed E-state index contributed by atoms with van der Waals surface area (Å²) < 4.78 is 27.4. The van der Waals surface area contributed by atoms with Crippen molar-refractivity contribution in [2.24, 2.45) is 0 Å². The van der Waals surface area contributed by atoms with E-state index in [1.165, 1.54) is 11.1 Å². The highest BCUT2D eigenvalue weighted by Gasteiger charge is 2.18. The van der Waals surface area contributed by atoms with Crippen molar-refractivity contribution in [2.45, 2.75) is 31.5 Å². The summed E-state index contributed by atoms with van der Waals surface area (Å²) in [4.78, 5) is 0.122. The van der Waals surface area contributed by atoms with Crippen LogP contribution in [-0.2, 0) is 29.7 Å². The van der Waals surface area contributed by atoms with Crippen LogP contribution in [-0.4, -0.2) is 8.42 Å². The zero-order chi connectivity index (χ0) is 15.7. The van der Waals surface area contributed by atoms with Gasteiger partial charge in [-0.2, -0.15) is 0 Å². The first kappa shape index (κ1) is 18.2. The van der Waals surface area contributed by atoms with Gasteiger partial charge in [0.2, 0.25) is 10.0 Å². The fraction of sp³-hybridized carbons (Fsp3) is 0.250. The van der Waals surface area contributed by atoms with Crippen molar-refractivity contribution in [2.75, 3.05) is 0 Å². The number of aryl methyl sites for hydroxylation is 1. The predicted molar refractivity (Wildman–Crippen MR) is 94.4 cm³/mol. The summed E-state index contributed by atoms with van der Waals surface area (Å²) in [6, 6.07) is 11.0. The lowest BCUT2D eigenvalue weighted by Gasteiger charge is -2.10. The molecule has 1 aliphatic rings. The van der Waals surface area contributed by atoms with Gasteiger partial charge in [0.25, 0.3) is 0 Å². The lowest BCUT2D eigenvalue weighted by atomic mass is 10.1. The molecule has 0 saturated heterocycles. The van der Waals surface area contributed by atoms with Crippen LogP contribution in [0.3, 0.4) is 0 Å². The van der Waals surface area contributed by atoms with Gasteiger partial charge in [-0.1, -0.05) is 35.9 Å². The number of fused-ring (bicyclic) bond motifs is 1. The van der Waals surface area contributed by atoms with Crippen molar-refractivity contribution in [1.82, 2.24) is 10.0 Å². The maximum atomic E-state index is 12.4. The van der Waals surface area contributed by atoms with Crippen LogP contribution in [0.15, 0.2) is 41.3 Å². The van der Waals surface area contributed by atoms with E-state index >= 15 is 0 Å². The molecule has 0 aliphatic carbocycles. The van der Waals surface area contributed by atoms with E-state index in [9.17, 15) is 8.42 Å². The Morgan fingerprint density at radius 3 is 2.65 bits per heavy atom. The average molecular weight is 373 g/mol. The second-order valence-corrected chi connectivity index (χ2v) is 7.61. The quantitative estimate of drug-likeness (QED) is 0.866. The van der Waals surface area contributed by atoms with E-state index in [4.69, 9.17) is 11.6 Å². The van der Waals surface area contributed by atoms with Gasteiger partial charge >= 0.3 is 0 Å². The van der Waals surface area contributed by atoms with E-state index < -0.39 is 10.0 Å². The smallest absolute Gasteiger partial charge is 0.242 e. The Balaban J connectivity index is 0.00000192.